The Morgan fingerprint density at radius 2 is 0.837 bits per heavy atom. The van der Waals surface area contributed by atoms with Crippen LogP contribution in [0.1, 0.15) is 22.9 Å². The summed E-state index contributed by atoms with van der Waals surface area (Å²) >= 11 is 6.76. The molecule has 206 valence electrons. The third-order valence-electron chi connectivity index (χ3n) is 7.01. The van der Waals surface area contributed by atoms with Gasteiger partial charge in [0, 0.05) is 38.4 Å². The molecule has 1 aromatic heterocycles. The second-order valence-electron chi connectivity index (χ2n) is 10.00. The van der Waals surface area contributed by atoms with E-state index in [2.05, 4.69) is 5.32 Å². The van der Waals surface area contributed by atoms with E-state index in [1.54, 1.807) is 0 Å². The maximum absolute atomic E-state index is 6.76. The fraction of sp³-hybridized carbons (Fsp3) is 0.0278. The first-order chi connectivity index (χ1) is 21.2. The Balaban J connectivity index is 1.36. The van der Waals surface area contributed by atoms with Crippen molar-refractivity contribution in [1.29, 1.82) is 0 Å². The fourth-order valence-corrected chi connectivity index (χ4v) is 5.16. The zero-order chi connectivity index (χ0) is 29.0. The molecule has 0 bridgehead atoms. The Bertz CT molecular complexity index is 1830. The summed E-state index contributed by atoms with van der Waals surface area (Å²) in [6.07, 6.45) is -0.534. The highest BCUT2D eigenvalue weighted by molar-refractivity contribution is 6.31. The molecule has 0 unspecified atom stereocenters. The van der Waals surface area contributed by atoms with Gasteiger partial charge in [-0.1, -0.05) is 133 Å². The van der Waals surface area contributed by atoms with Crippen LogP contribution in [0.25, 0.3) is 34.2 Å². The number of hydrogen-bond acceptors (Lipinski definition) is 6. The number of nitrogens with zero attached hydrogens (tertiary/aromatic N) is 5. The summed E-state index contributed by atoms with van der Waals surface area (Å²) in [5.41, 5.74) is 5.32. The van der Waals surface area contributed by atoms with Crippen molar-refractivity contribution >= 4 is 23.3 Å². The molecule has 0 atom stereocenters. The van der Waals surface area contributed by atoms with E-state index in [-0.39, 0.29) is 0 Å². The van der Waals surface area contributed by atoms with Crippen molar-refractivity contribution in [2.45, 2.75) is 6.17 Å². The number of aliphatic imine (C=N–C) groups is 2. The van der Waals surface area contributed by atoms with E-state index in [0.29, 0.717) is 22.5 Å². The fourth-order valence-electron chi connectivity index (χ4n) is 4.91. The molecule has 7 rings (SSSR count). The standard InChI is InChI=1S/C36H25ClN6/c37-30-22-28(35-40-31(24-13-5-1-6-14-24)38-32(41-35)25-15-7-2-8-16-25)21-29(23-30)36-42-33(26-17-9-3-10-18-26)39-34(43-36)27-19-11-4-12-20-27/h1-23,35H,(H,38,40,41). The van der Waals surface area contributed by atoms with Crippen LogP contribution in [0.4, 0.5) is 0 Å². The summed E-state index contributed by atoms with van der Waals surface area (Å²) in [5.74, 6) is 3.16. The molecule has 1 aliphatic rings. The molecule has 0 fully saturated rings. The van der Waals surface area contributed by atoms with Crippen molar-refractivity contribution in [2.24, 2.45) is 9.98 Å². The molecule has 43 heavy (non-hydrogen) atoms. The molecule has 1 N–H and O–H groups in total. The van der Waals surface area contributed by atoms with Gasteiger partial charge in [-0.25, -0.2) is 24.9 Å². The average Bonchev–Trinajstić information content (AvgIpc) is 3.09. The van der Waals surface area contributed by atoms with E-state index in [0.717, 1.165) is 45.1 Å². The zero-order valence-electron chi connectivity index (χ0n) is 23.0. The minimum Gasteiger partial charge on any atom is -0.324 e. The molecule has 5 aromatic carbocycles. The van der Waals surface area contributed by atoms with E-state index in [1.165, 1.54) is 0 Å². The first kappa shape index (κ1) is 26.4. The van der Waals surface area contributed by atoms with Crippen LogP contribution in [-0.2, 0) is 0 Å². The molecule has 7 heteroatoms. The summed E-state index contributed by atoms with van der Waals surface area (Å²) in [4.78, 5) is 24.6. The highest BCUT2D eigenvalue weighted by Crippen LogP contribution is 2.32. The predicted molar refractivity (Wildman–Crippen MR) is 173 cm³/mol. The van der Waals surface area contributed by atoms with E-state index in [9.17, 15) is 0 Å². The Morgan fingerprint density at radius 1 is 0.442 bits per heavy atom. The van der Waals surface area contributed by atoms with Crippen molar-refractivity contribution in [2.75, 3.05) is 0 Å². The van der Waals surface area contributed by atoms with Gasteiger partial charge in [0.1, 0.15) is 11.7 Å². The molecule has 6 nitrogen and oxygen atoms in total. The van der Waals surface area contributed by atoms with Gasteiger partial charge >= 0.3 is 0 Å². The van der Waals surface area contributed by atoms with Crippen molar-refractivity contribution in [3.05, 3.63) is 161 Å². The van der Waals surface area contributed by atoms with Crippen LogP contribution in [0.3, 0.4) is 0 Å². The van der Waals surface area contributed by atoms with E-state index in [1.807, 2.05) is 140 Å². The van der Waals surface area contributed by atoms with E-state index in [4.69, 9.17) is 36.5 Å². The highest BCUT2D eigenvalue weighted by Gasteiger charge is 2.22. The first-order valence-corrected chi connectivity index (χ1v) is 14.3. The van der Waals surface area contributed by atoms with Crippen molar-refractivity contribution in [3.8, 4) is 34.2 Å². The molecule has 1 aliphatic heterocycles. The number of halogens is 1. The van der Waals surface area contributed by atoms with Gasteiger partial charge in [-0.3, -0.25) is 0 Å². The highest BCUT2D eigenvalue weighted by atomic mass is 35.5. The van der Waals surface area contributed by atoms with Gasteiger partial charge in [-0.2, -0.15) is 0 Å². The summed E-state index contributed by atoms with van der Waals surface area (Å²) in [7, 11) is 0. The van der Waals surface area contributed by atoms with Crippen LogP contribution in [0.2, 0.25) is 5.02 Å². The molecule has 0 amide bonds. The van der Waals surface area contributed by atoms with Crippen LogP contribution >= 0.6 is 11.6 Å². The Morgan fingerprint density at radius 3 is 1.28 bits per heavy atom. The number of benzene rings is 5. The number of nitrogens with one attached hydrogen (secondary N) is 1. The smallest absolute Gasteiger partial charge is 0.169 e. The molecule has 0 saturated carbocycles. The van der Waals surface area contributed by atoms with Gasteiger partial charge in [-0.05, 0) is 18.2 Å². The lowest BCUT2D eigenvalue weighted by molar-refractivity contribution is 0.756. The Labute approximate surface area is 254 Å². The maximum Gasteiger partial charge on any atom is 0.169 e. The van der Waals surface area contributed by atoms with E-state index >= 15 is 0 Å². The van der Waals surface area contributed by atoms with Crippen LogP contribution in [0.5, 0.6) is 0 Å². The van der Waals surface area contributed by atoms with Gasteiger partial charge in [0.2, 0.25) is 0 Å². The molecule has 0 radical (unpaired) electrons. The first-order valence-electron chi connectivity index (χ1n) is 13.9. The second-order valence-corrected chi connectivity index (χ2v) is 10.4. The van der Waals surface area contributed by atoms with Gasteiger partial charge in [0.15, 0.2) is 23.6 Å². The topological polar surface area (TPSA) is 75.4 Å². The van der Waals surface area contributed by atoms with Gasteiger partial charge in [0.05, 0.1) is 0 Å². The number of rotatable bonds is 6. The lowest BCUT2D eigenvalue weighted by atomic mass is 10.1. The monoisotopic (exact) mass is 576 g/mol. The normalized spacial score (nSPS) is 13.1. The molecule has 0 aliphatic carbocycles. The zero-order valence-corrected chi connectivity index (χ0v) is 23.7. The molecule has 0 saturated heterocycles. The second kappa shape index (κ2) is 11.8. The Hall–Kier alpha value is -5.46. The lowest BCUT2D eigenvalue weighted by Crippen LogP contribution is -2.36. The lowest BCUT2D eigenvalue weighted by Gasteiger charge is -2.22. The molecular weight excluding hydrogens is 552 g/mol. The van der Waals surface area contributed by atoms with Crippen LogP contribution < -0.4 is 5.32 Å². The van der Waals surface area contributed by atoms with Crippen LogP contribution in [-0.4, -0.2) is 26.6 Å². The predicted octanol–water partition coefficient (Wildman–Crippen LogP) is 8.02. The van der Waals surface area contributed by atoms with E-state index < -0.39 is 6.17 Å². The SMILES string of the molecule is Clc1cc(-c2nc(-c3ccccc3)nc(-c3ccccc3)n2)cc(C2N=C(c3ccccc3)NC(c3ccccc3)=N2)c1. The van der Waals surface area contributed by atoms with Crippen LogP contribution in [0, 0.1) is 0 Å². The molecule has 6 aromatic rings. The van der Waals surface area contributed by atoms with Crippen molar-refractivity contribution < 1.29 is 0 Å². The minimum atomic E-state index is -0.534. The largest absolute Gasteiger partial charge is 0.324 e. The minimum absolute atomic E-state index is 0.518. The van der Waals surface area contributed by atoms with Crippen molar-refractivity contribution in [3.63, 3.8) is 0 Å². The van der Waals surface area contributed by atoms with Crippen LogP contribution in [0.15, 0.2) is 150 Å². The van der Waals surface area contributed by atoms with Gasteiger partial charge in [0.25, 0.3) is 0 Å². The van der Waals surface area contributed by atoms with Gasteiger partial charge in [-0.15, -0.1) is 0 Å². The summed E-state index contributed by atoms with van der Waals surface area (Å²) in [6.45, 7) is 0. The Kier molecular flexibility index (Phi) is 7.26. The number of amidine groups is 2. The van der Waals surface area contributed by atoms with Crippen molar-refractivity contribution in [1.82, 2.24) is 20.3 Å². The third-order valence-corrected chi connectivity index (χ3v) is 7.23. The molecular formula is C36H25ClN6. The summed E-state index contributed by atoms with van der Waals surface area (Å²) < 4.78 is 0. The molecule has 2 heterocycles. The summed E-state index contributed by atoms with van der Waals surface area (Å²) in [5, 5.41) is 3.98. The van der Waals surface area contributed by atoms with Gasteiger partial charge < -0.3 is 5.32 Å². The third kappa shape index (κ3) is 5.82. The number of aromatic nitrogens is 3. The average molecular weight is 577 g/mol. The molecule has 0 spiro atoms. The summed E-state index contributed by atoms with van der Waals surface area (Å²) in [6, 6.07) is 45.7. The maximum atomic E-state index is 6.76. The quantitative estimate of drug-likeness (QED) is 0.218. The number of hydrogen-bond donors (Lipinski definition) is 1.